The van der Waals surface area contributed by atoms with Gasteiger partial charge in [0, 0.05) is 49.1 Å². The number of aromatic nitrogens is 4. The molecule has 0 spiro atoms. The first-order valence-corrected chi connectivity index (χ1v) is 9.88. The molecule has 1 aliphatic rings. The molecule has 1 aliphatic heterocycles. The molecule has 8 nitrogen and oxygen atoms in total. The first kappa shape index (κ1) is 19.0. The summed E-state index contributed by atoms with van der Waals surface area (Å²) in [6.45, 7) is 5.37. The Morgan fingerprint density at radius 2 is 1.97 bits per heavy atom. The molecule has 2 amide bonds. The van der Waals surface area contributed by atoms with E-state index in [1.54, 1.807) is 0 Å². The fourth-order valence-corrected chi connectivity index (χ4v) is 3.51. The van der Waals surface area contributed by atoms with Gasteiger partial charge in [0.2, 0.25) is 11.8 Å². The van der Waals surface area contributed by atoms with Crippen LogP contribution in [0.25, 0.3) is 17.0 Å². The Labute approximate surface area is 169 Å². The highest BCUT2D eigenvalue weighted by Gasteiger charge is 2.19. The number of carbonyl (C=O) groups is 2. The van der Waals surface area contributed by atoms with Crippen LogP contribution in [0.1, 0.15) is 37.1 Å². The SMILES string of the molecule is Cc1nnc2nc(-c3ccc(NC(=O)CCCN4CCCC4=O)cc3)cn2c1C. The van der Waals surface area contributed by atoms with E-state index in [0.29, 0.717) is 31.6 Å². The zero-order valence-electron chi connectivity index (χ0n) is 16.7. The predicted octanol–water partition coefficient (Wildman–Crippen LogP) is 2.75. The summed E-state index contributed by atoms with van der Waals surface area (Å²) in [5.41, 5.74) is 4.37. The first-order chi connectivity index (χ1) is 14.0. The number of amides is 2. The summed E-state index contributed by atoms with van der Waals surface area (Å²) in [6.07, 6.45) is 4.58. The summed E-state index contributed by atoms with van der Waals surface area (Å²) >= 11 is 0. The van der Waals surface area contributed by atoms with Gasteiger partial charge >= 0.3 is 0 Å². The molecule has 0 bridgehead atoms. The fourth-order valence-electron chi connectivity index (χ4n) is 3.51. The number of rotatable bonds is 6. The van der Waals surface area contributed by atoms with Gasteiger partial charge in [-0.2, -0.15) is 5.10 Å². The van der Waals surface area contributed by atoms with E-state index in [1.165, 1.54) is 0 Å². The van der Waals surface area contributed by atoms with Gasteiger partial charge in [0.1, 0.15) is 0 Å². The van der Waals surface area contributed by atoms with Gasteiger partial charge in [0.05, 0.1) is 11.4 Å². The van der Waals surface area contributed by atoms with Gasteiger partial charge in [-0.05, 0) is 38.8 Å². The van der Waals surface area contributed by atoms with E-state index in [1.807, 2.05) is 53.6 Å². The molecule has 1 aromatic carbocycles. The van der Waals surface area contributed by atoms with Crippen molar-refractivity contribution in [1.82, 2.24) is 24.5 Å². The average Bonchev–Trinajstić information content (AvgIpc) is 3.32. The smallest absolute Gasteiger partial charge is 0.254 e. The molecule has 3 aromatic rings. The molecule has 3 heterocycles. The molecule has 1 N–H and O–H groups in total. The van der Waals surface area contributed by atoms with Crippen LogP contribution >= 0.6 is 0 Å². The maximum absolute atomic E-state index is 12.2. The van der Waals surface area contributed by atoms with Gasteiger partial charge in [0.15, 0.2) is 0 Å². The molecule has 0 aliphatic carbocycles. The topological polar surface area (TPSA) is 92.5 Å². The zero-order valence-corrected chi connectivity index (χ0v) is 16.7. The quantitative estimate of drug-likeness (QED) is 0.696. The second-order valence-electron chi connectivity index (χ2n) is 7.38. The van der Waals surface area contributed by atoms with Crippen LogP contribution < -0.4 is 5.32 Å². The number of carbonyl (C=O) groups excluding carboxylic acids is 2. The Kier molecular flexibility index (Phi) is 5.24. The summed E-state index contributed by atoms with van der Waals surface area (Å²) in [4.78, 5) is 30.1. The standard InChI is InChI=1S/C21H24N6O2/c1-14-15(2)27-13-18(23-21(27)25-24-14)16-7-9-17(10-8-16)22-19(28)5-3-11-26-12-4-6-20(26)29/h7-10,13H,3-6,11-12H2,1-2H3,(H,22,28). The van der Waals surface area contributed by atoms with Crippen molar-refractivity contribution in [3.8, 4) is 11.3 Å². The van der Waals surface area contributed by atoms with Crippen molar-refractivity contribution >= 4 is 23.3 Å². The van der Waals surface area contributed by atoms with E-state index in [4.69, 9.17) is 0 Å². The Bertz CT molecular complexity index is 1060. The molecule has 2 aromatic heterocycles. The van der Waals surface area contributed by atoms with E-state index < -0.39 is 0 Å². The van der Waals surface area contributed by atoms with Crippen LogP contribution in [-0.4, -0.2) is 49.4 Å². The van der Waals surface area contributed by atoms with Crippen molar-refractivity contribution in [1.29, 1.82) is 0 Å². The number of aryl methyl sites for hydroxylation is 2. The van der Waals surface area contributed by atoms with Crippen LogP contribution in [0.4, 0.5) is 5.69 Å². The molecule has 29 heavy (non-hydrogen) atoms. The monoisotopic (exact) mass is 392 g/mol. The van der Waals surface area contributed by atoms with Gasteiger partial charge < -0.3 is 10.2 Å². The third-order valence-electron chi connectivity index (χ3n) is 5.33. The fraction of sp³-hybridized carbons (Fsp3) is 0.381. The number of nitrogens with zero attached hydrogens (tertiary/aromatic N) is 5. The van der Waals surface area contributed by atoms with Crippen LogP contribution in [-0.2, 0) is 9.59 Å². The Morgan fingerprint density at radius 3 is 2.69 bits per heavy atom. The maximum atomic E-state index is 12.2. The number of nitrogens with one attached hydrogen (secondary N) is 1. The van der Waals surface area contributed by atoms with Crippen molar-refractivity contribution in [2.45, 2.75) is 39.5 Å². The molecule has 1 saturated heterocycles. The van der Waals surface area contributed by atoms with Gasteiger partial charge in [-0.3, -0.25) is 14.0 Å². The second kappa shape index (κ2) is 7.98. The summed E-state index contributed by atoms with van der Waals surface area (Å²) < 4.78 is 1.93. The molecule has 0 saturated carbocycles. The van der Waals surface area contributed by atoms with Crippen LogP contribution in [0.5, 0.6) is 0 Å². The molecular formula is C21H24N6O2. The Balaban J connectivity index is 1.36. The summed E-state index contributed by atoms with van der Waals surface area (Å²) in [5.74, 6) is 0.722. The van der Waals surface area contributed by atoms with Gasteiger partial charge in [0.25, 0.3) is 5.78 Å². The molecule has 4 rings (SSSR count). The van der Waals surface area contributed by atoms with Crippen molar-refractivity contribution in [2.75, 3.05) is 18.4 Å². The largest absolute Gasteiger partial charge is 0.343 e. The number of likely N-dealkylation sites (tertiary alicyclic amines) is 1. The minimum absolute atomic E-state index is 0.0431. The van der Waals surface area contributed by atoms with E-state index >= 15 is 0 Å². The second-order valence-corrected chi connectivity index (χ2v) is 7.38. The summed E-state index contributed by atoms with van der Waals surface area (Å²) in [7, 11) is 0. The number of benzene rings is 1. The molecule has 0 atom stereocenters. The maximum Gasteiger partial charge on any atom is 0.254 e. The van der Waals surface area contributed by atoms with E-state index in [-0.39, 0.29) is 11.8 Å². The minimum Gasteiger partial charge on any atom is -0.343 e. The third kappa shape index (κ3) is 4.11. The minimum atomic E-state index is -0.0431. The highest BCUT2D eigenvalue weighted by Crippen LogP contribution is 2.22. The third-order valence-corrected chi connectivity index (χ3v) is 5.33. The van der Waals surface area contributed by atoms with E-state index in [0.717, 1.165) is 41.3 Å². The van der Waals surface area contributed by atoms with Gasteiger partial charge in [-0.25, -0.2) is 4.98 Å². The Morgan fingerprint density at radius 1 is 1.17 bits per heavy atom. The lowest BCUT2D eigenvalue weighted by Crippen LogP contribution is -2.26. The number of anilines is 1. The van der Waals surface area contributed by atoms with Gasteiger partial charge in [-0.1, -0.05) is 12.1 Å². The lowest BCUT2D eigenvalue weighted by atomic mass is 10.1. The molecular weight excluding hydrogens is 368 g/mol. The summed E-state index contributed by atoms with van der Waals surface area (Å²) in [6, 6.07) is 7.59. The summed E-state index contributed by atoms with van der Waals surface area (Å²) in [5, 5.41) is 11.1. The number of fused-ring (bicyclic) bond motifs is 1. The molecule has 1 fully saturated rings. The van der Waals surface area contributed by atoms with Crippen molar-refractivity contribution in [3.05, 3.63) is 41.9 Å². The predicted molar refractivity (Wildman–Crippen MR) is 109 cm³/mol. The highest BCUT2D eigenvalue weighted by molar-refractivity contribution is 5.91. The van der Waals surface area contributed by atoms with Crippen LogP contribution in [0.15, 0.2) is 30.5 Å². The van der Waals surface area contributed by atoms with Crippen LogP contribution in [0.3, 0.4) is 0 Å². The molecule has 8 heteroatoms. The normalized spacial score (nSPS) is 14.0. The number of hydrogen-bond acceptors (Lipinski definition) is 5. The van der Waals surface area contributed by atoms with Crippen molar-refractivity contribution in [2.24, 2.45) is 0 Å². The first-order valence-electron chi connectivity index (χ1n) is 9.88. The Hall–Kier alpha value is -3.29. The molecule has 150 valence electrons. The number of hydrogen-bond donors (Lipinski definition) is 1. The lowest BCUT2D eigenvalue weighted by Gasteiger charge is -2.14. The average molecular weight is 392 g/mol. The van der Waals surface area contributed by atoms with Crippen molar-refractivity contribution < 1.29 is 9.59 Å². The van der Waals surface area contributed by atoms with E-state index in [9.17, 15) is 9.59 Å². The zero-order chi connectivity index (χ0) is 20.4. The van der Waals surface area contributed by atoms with Crippen LogP contribution in [0, 0.1) is 13.8 Å². The van der Waals surface area contributed by atoms with E-state index in [2.05, 4.69) is 20.5 Å². The van der Waals surface area contributed by atoms with Gasteiger partial charge in [-0.15, -0.1) is 5.10 Å². The van der Waals surface area contributed by atoms with Crippen molar-refractivity contribution in [3.63, 3.8) is 0 Å². The molecule has 0 unspecified atom stereocenters. The highest BCUT2D eigenvalue weighted by atomic mass is 16.2. The lowest BCUT2D eigenvalue weighted by molar-refractivity contribution is -0.128. The van der Waals surface area contributed by atoms with Crippen LogP contribution in [0.2, 0.25) is 0 Å². The molecule has 0 radical (unpaired) electrons. The number of imidazole rings is 1.